The van der Waals surface area contributed by atoms with Crippen molar-refractivity contribution in [1.82, 2.24) is 24.7 Å². The number of piperidine rings is 1. The summed E-state index contributed by atoms with van der Waals surface area (Å²) >= 11 is 0. The molecule has 1 aromatic heterocycles. The Kier molecular flexibility index (Phi) is 7.26. The minimum atomic E-state index is -0.526. The van der Waals surface area contributed by atoms with Crippen LogP contribution in [0.4, 0.5) is 4.79 Å². The van der Waals surface area contributed by atoms with Crippen LogP contribution < -0.4 is 11.0 Å². The van der Waals surface area contributed by atoms with E-state index in [0.29, 0.717) is 38.3 Å². The molecule has 0 radical (unpaired) electrons. The average Bonchev–Trinajstić information content (AvgIpc) is 3.74. The number of nitrogens with zero attached hydrogens (tertiary/aromatic N) is 3. The highest BCUT2D eigenvalue weighted by molar-refractivity contribution is 5.87. The van der Waals surface area contributed by atoms with Crippen molar-refractivity contribution in [2.24, 2.45) is 5.92 Å². The number of hydrogen-bond donors (Lipinski definition) is 2. The number of aromatic nitrogens is 2. The van der Waals surface area contributed by atoms with Gasteiger partial charge in [0, 0.05) is 38.4 Å². The highest BCUT2D eigenvalue weighted by Gasteiger charge is 2.37. The molecule has 1 aliphatic carbocycles. The molecule has 2 aromatic carbocycles. The molecular weight excluding hydrogens is 490 g/mol. The predicted octanol–water partition coefficient (Wildman–Crippen LogP) is 4.37. The van der Waals surface area contributed by atoms with Gasteiger partial charge in [0.25, 0.3) is 0 Å². The third-order valence-electron chi connectivity index (χ3n) is 8.60. The second kappa shape index (κ2) is 11.1. The fourth-order valence-electron chi connectivity index (χ4n) is 6.12. The van der Waals surface area contributed by atoms with Crippen LogP contribution in [0, 0.1) is 5.92 Å². The van der Waals surface area contributed by atoms with Crippen molar-refractivity contribution < 1.29 is 9.59 Å². The van der Waals surface area contributed by atoms with E-state index in [0.717, 1.165) is 30.8 Å². The van der Waals surface area contributed by atoms with E-state index in [-0.39, 0.29) is 29.6 Å². The first-order valence-electron chi connectivity index (χ1n) is 14.3. The van der Waals surface area contributed by atoms with Crippen LogP contribution in [0.15, 0.2) is 71.7 Å². The number of nitrogens with one attached hydrogen (secondary N) is 2. The topological polar surface area (TPSA) is 90.4 Å². The van der Waals surface area contributed by atoms with Gasteiger partial charge in [-0.05, 0) is 61.5 Å². The van der Waals surface area contributed by atoms with Crippen molar-refractivity contribution in [1.29, 1.82) is 0 Å². The molecule has 204 valence electrons. The molecule has 2 N–H and O–H groups in total. The van der Waals surface area contributed by atoms with Gasteiger partial charge in [0.15, 0.2) is 0 Å². The van der Waals surface area contributed by atoms with E-state index in [1.165, 1.54) is 18.4 Å². The van der Waals surface area contributed by atoms with Gasteiger partial charge < -0.3 is 20.1 Å². The lowest BCUT2D eigenvalue weighted by Gasteiger charge is -2.34. The summed E-state index contributed by atoms with van der Waals surface area (Å²) in [5, 5.41) is 3.11. The van der Waals surface area contributed by atoms with Gasteiger partial charge in [-0.3, -0.25) is 9.36 Å². The Balaban J connectivity index is 1.10. The highest BCUT2D eigenvalue weighted by Crippen LogP contribution is 2.33. The number of carbonyl (C=O) groups excluding carboxylic acids is 2. The number of imidazole rings is 1. The Morgan fingerprint density at radius 2 is 1.56 bits per heavy atom. The molecule has 8 heteroatoms. The van der Waals surface area contributed by atoms with E-state index in [2.05, 4.69) is 22.4 Å². The first-order valence-corrected chi connectivity index (χ1v) is 14.3. The lowest BCUT2D eigenvalue weighted by atomic mass is 9.90. The molecule has 2 atom stereocenters. The number of rotatable bonds is 6. The van der Waals surface area contributed by atoms with E-state index in [9.17, 15) is 14.4 Å². The second-order valence-electron chi connectivity index (χ2n) is 11.3. The molecule has 2 unspecified atom stereocenters. The van der Waals surface area contributed by atoms with Crippen molar-refractivity contribution in [2.45, 2.75) is 56.5 Å². The molecule has 8 nitrogen and oxygen atoms in total. The SMILES string of the molecule is O=C(NC1CC(c2ccccc2)CCN(CC2CC2)C1=O)N1CCC(n2cc(-c3ccccc3)[nH]c2=O)CC1. The zero-order valence-electron chi connectivity index (χ0n) is 22.3. The highest BCUT2D eigenvalue weighted by atomic mass is 16.2. The number of aromatic amines is 1. The molecule has 0 bridgehead atoms. The number of amides is 3. The molecule has 0 spiro atoms. The van der Waals surface area contributed by atoms with Gasteiger partial charge >= 0.3 is 11.7 Å². The molecule has 3 aromatic rings. The lowest BCUT2D eigenvalue weighted by Crippen LogP contribution is -2.53. The van der Waals surface area contributed by atoms with Gasteiger partial charge in [0.05, 0.1) is 5.69 Å². The monoisotopic (exact) mass is 527 g/mol. The third-order valence-corrected chi connectivity index (χ3v) is 8.60. The number of likely N-dealkylation sites (tertiary alicyclic amines) is 2. The molecule has 1 saturated carbocycles. The Bertz CT molecular complexity index is 1340. The van der Waals surface area contributed by atoms with E-state index < -0.39 is 6.04 Å². The molecular formula is C31H37N5O3. The molecule has 6 rings (SSSR count). The number of benzene rings is 2. The Morgan fingerprint density at radius 3 is 2.26 bits per heavy atom. The fourth-order valence-corrected chi connectivity index (χ4v) is 6.12. The number of hydrogen-bond acceptors (Lipinski definition) is 3. The van der Waals surface area contributed by atoms with Crippen LogP contribution in [0.5, 0.6) is 0 Å². The third kappa shape index (κ3) is 5.79. The maximum Gasteiger partial charge on any atom is 0.326 e. The van der Waals surface area contributed by atoms with Crippen LogP contribution in [0.3, 0.4) is 0 Å². The first kappa shape index (κ1) is 25.5. The standard InChI is InChI=1S/C31H37N5O3/c37-29-27(19-25(23-7-3-1-4-8-23)13-16-35(29)20-22-11-12-22)32-30(38)34-17-14-26(15-18-34)36-21-28(33-31(36)39)24-9-5-2-6-10-24/h1-10,21-22,25-27H,11-20H2,(H,32,38)(H,33,39). The summed E-state index contributed by atoms with van der Waals surface area (Å²) < 4.78 is 1.77. The Labute approximate surface area is 229 Å². The van der Waals surface area contributed by atoms with Crippen LogP contribution in [0.25, 0.3) is 11.3 Å². The molecule has 2 aliphatic heterocycles. The summed E-state index contributed by atoms with van der Waals surface area (Å²) in [5.74, 6) is 0.891. The summed E-state index contributed by atoms with van der Waals surface area (Å²) in [6.45, 7) is 2.63. The maximum atomic E-state index is 13.5. The number of carbonyl (C=O) groups is 2. The van der Waals surface area contributed by atoms with Gasteiger partial charge in [-0.15, -0.1) is 0 Å². The van der Waals surface area contributed by atoms with Gasteiger partial charge in [0.1, 0.15) is 6.04 Å². The largest absolute Gasteiger partial charge is 0.341 e. The predicted molar refractivity (Wildman–Crippen MR) is 150 cm³/mol. The molecule has 3 amide bonds. The van der Waals surface area contributed by atoms with Gasteiger partial charge in [-0.1, -0.05) is 60.7 Å². The van der Waals surface area contributed by atoms with Crippen molar-refractivity contribution in [2.75, 3.05) is 26.2 Å². The van der Waals surface area contributed by atoms with E-state index >= 15 is 0 Å². The molecule has 39 heavy (non-hydrogen) atoms. The summed E-state index contributed by atoms with van der Waals surface area (Å²) in [6, 6.07) is 19.5. The van der Waals surface area contributed by atoms with Crippen LogP contribution in [-0.4, -0.2) is 63.5 Å². The summed E-state index contributed by atoms with van der Waals surface area (Å²) in [5.41, 5.74) is 2.88. The Hall–Kier alpha value is -3.81. The minimum absolute atomic E-state index is 0.0336. The molecule has 2 saturated heterocycles. The molecule has 3 aliphatic rings. The van der Waals surface area contributed by atoms with Crippen LogP contribution in [0.1, 0.15) is 56.0 Å². The second-order valence-corrected chi connectivity index (χ2v) is 11.3. The van der Waals surface area contributed by atoms with Gasteiger partial charge in [-0.25, -0.2) is 9.59 Å². The summed E-state index contributed by atoms with van der Waals surface area (Å²) in [6.07, 6.45) is 7.19. The van der Waals surface area contributed by atoms with Gasteiger partial charge in [-0.2, -0.15) is 0 Å². The summed E-state index contributed by atoms with van der Waals surface area (Å²) in [7, 11) is 0. The van der Waals surface area contributed by atoms with Crippen molar-refractivity contribution >= 4 is 11.9 Å². The van der Waals surface area contributed by atoms with Crippen LogP contribution >= 0.6 is 0 Å². The normalized spacial score (nSPS) is 22.5. The zero-order chi connectivity index (χ0) is 26.8. The minimum Gasteiger partial charge on any atom is -0.341 e. The number of urea groups is 1. The van der Waals surface area contributed by atoms with Crippen LogP contribution in [0.2, 0.25) is 0 Å². The fraction of sp³-hybridized carbons (Fsp3) is 0.452. The van der Waals surface area contributed by atoms with E-state index in [1.807, 2.05) is 59.6 Å². The van der Waals surface area contributed by atoms with Crippen molar-refractivity contribution in [3.8, 4) is 11.3 Å². The Morgan fingerprint density at radius 1 is 0.872 bits per heavy atom. The summed E-state index contributed by atoms with van der Waals surface area (Å²) in [4.78, 5) is 46.4. The first-order chi connectivity index (χ1) is 19.0. The van der Waals surface area contributed by atoms with Crippen molar-refractivity contribution in [3.63, 3.8) is 0 Å². The molecule has 3 heterocycles. The quantitative estimate of drug-likeness (QED) is 0.499. The lowest BCUT2D eigenvalue weighted by molar-refractivity contribution is -0.133. The smallest absolute Gasteiger partial charge is 0.326 e. The van der Waals surface area contributed by atoms with E-state index in [1.54, 1.807) is 9.47 Å². The number of H-pyrrole nitrogens is 1. The van der Waals surface area contributed by atoms with E-state index in [4.69, 9.17) is 0 Å². The van der Waals surface area contributed by atoms with Gasteiger partial charge in [0.2, 0.25) is 5.91 Å². The molecule has 3 fully saturated rings. The zero-order valence-corrected chi connectivity index (χ0v) is 22.3. The van der Waals surface area contributed by atoms with Crippen molar-refractivity contribution in [3.05, 3.63) is 82.9 Å². The van der Waals surface area contributed by atoms with Crippen LogP contribution in [-0.2, 0) is 4.79 Å². The maximum absolute atomic E-state index is 13.5. The average molecular weight is 528 g/mol.